The predicted octanol–water partition coefficient (Wildman–Crippen LogP) is 1.41. The van der Waals surface area contributed by atoms with Gasteiger partial charge in [0.1, 0.15) is 0 Å². The molecule has 0 bridgehead atoms. The van der Waals surface area contributed by atoms with Gasteiger partial charge in [-0.3, -0.25) is 4.79 Å². The summed E-state index contributed by atoms with van der Waals surface area (Å²) in [6, 6.07) is 5.42. The Morgan fingerprint density at radius 1 is 1.47 bits per heavy atom. The average molecular weight is 207 g/mol. The molecule has 1 amide bonds. The summed E-state index contributed by atoms with van der Waals surface area (Å²) in [6.45, 7) is 5.62. The number of nitrogens with one attached hydrogen (secondary N) is 1. The summed E-state index contributed by atoms with van der Waals surface area (Å²) in [6.07, 6.45) is 0. The number of carbonyl (C=O) groups is 1. The first kappa shape index (κ1) is 11.7. The van der Waals surface area contributed by atoms with Crippen LogP contribution in [-0.2, 0) is 0 Å². The number of benzene rings is 1. The normalized spacial score (nSPS) is 12.3. The summed E-state index contributed by atoms with van der Waals surface area (Å²) >= 11 is 0. The number of carbonyl (C=O) groups excluding carboxylic acids is 1. The Balaban J connectivity index is 2.87. The highest BCUT2D eigenvalue weighted by atomic mass is 16.3. The van der Waals surface area contributed by atoms with E-state index in [0.29, 0.717) is 5.56 Å². The van der Waals surface area contributed by atoms with E-state index in [1.54, 1.807) is 13.0 Å². The first-order chi connectivity index (χ1) is 7.06. The van der Waals surface area contributed by atoms with Crippen LogP contribution in [-0.4, -0.2) is 23.7 Å². The van der Waals surface area contributed by atoms with Crippen LogP contribution in [0.15, 0.2) is 18.2 Å². The van der Waals surface area contributed by atoms with Gasteiger partial charge < -0.3 is 10.4 Å². The first-order valence-electron chi connectivity index (χ1n) is 5.04. The quantitative estimate of drug-likeness (QED) is 0.787. The highest BCUT2D eigenvalue weighted by Gasteiger charge is 2.11. The maximum Gasteiger partial charge on any atom is 0.251 e. The van der Waals surface area contributed by atoms with Crippen LogP contribution in [0.4, 0.5) is 0 Å². The summed E-state index contributed by atoms with van der Waals surface area (Å²) in [5.41, 5.74) is 2.76. The van der Waals surface area contributed by atoms with Gasteiger partial charge in [-0.2, -0.15) is 0 Å². The van der Waals surface area contributed by atoms with Crippen LogP contribution in [0, 0.1) is 13.8 Å². The van der Waals surface area contributed by atoms with Gasteiger partial charge in [0.2, 0.25) is 0 Å². The van der Waals surface area contributed by atoms with Crippen molar-refractivity contribution >= 4 is 5.91 Å². The molecule has 1 aromatic carbocycles. The van der Waals surface area contributed by atoms with Gasteiger partial charge in [-0.1, -0.05) is 12.1 Å². The fraction of sp³-hybridized carbons (Fsp3) is 0.417. The van der Waals surface area contributed by atoms with Crippen molar-refractivity contribution in [1.29, 1.82) is 0 Å². The van der Waals surface area contributed by atoms with E-state index >= 15 is 0 Å². The zero-order chi connectivity index (χ0) is 11.4. The SMILES string of the molecule is Cc1cccc(C(=O)N[C@H](C)CO)c1C. The van der Waals surface area contributed by atoms with E-state index in [4.69, 9.17) is 5.11 Å². The van der Waals surface area contributed by atoms with Crippen molar-refractivity contribution in [2.24, 2.45) is 0 Å². The van der Waals surface area contributed by atoms with E-state index in [0.717, 1.165) is 11.1 Å². The predicted molar refractivity (Wildman–Crippen MR) is 59.9 cm³/mol. The molecule has 82 valence electrons. The first-order valence-corrected chi connectivity index (χ1v) is 5.04. The zero-order valence-electron chi connectivity index (χ0n) is 9.37. The Labute approximate surface area is 90.1 Å². The maximum atomic E-state index is 11.8. The van der Waals surface area contributed by atoms with Gasteiger partial charge in [0, 0.05) is 11.6 Å². The van der Waals surface area contributed by atoms with Crippen LogP contribution >= 0.6 is 0 Å². The molecule has 0 saturated carbocycles. The van der Waals surface area contributed by atoms with Crippen LogP contribution in [0.3, 0.4) is 0 Å². The molecule has 0 aliphatic heterocycles. The molecule has 0 spiro atoms. The zero-order valence-corrected chi connectivity index (χ0v) is 9.37. The monoisotopic (exact) mass is 207 g/mol. The molecule has 0 unspecified atom stereocenters. The fourth-order valence-corrected chi connectivity index (χ4v) is 1.34. The van der Waals surface area contributed by atoms with Gasteiger partial charge in [0.25, 0.3) is 5.91 Å². The average Bonchev–Trinajstić information content (AvgIpc) is 2.21. The van der Waals surface area contributed by atoms with Gasteiger partial charge in [0.15, 0.2) is 0 Å². The lowest BCUT2D eigenvalue weighted by atomic mass is 10.0. The second-order valence-electron chi connectivity index (χ2n) is 3.80. The van der Waals surface area contributed by atoms with Gasteiger partial charge in [-0.05, 0) is 38.0 Å². The number of rotatable bonds is 3. The summed E-state index contributed by atoms with van der Waals surface area (Å²) in [7, 11) is 0. The molecule has 1 rings (SSSR count). The van der Waals surface area contributed by atoms with E-state index in [1.807, 2.05) is 26.0 Å². The second kappa shape index (κ2) is 4.94. The Bertz CT molecular complexity index is 361. The molecular weight excluding hydrogens is 190 g/mol. The highest BCUT2D eigenvalue weighted by molar-refractivity contribution is 5.96. The molecule has 0 radical (unpaired) electrons. The highest BCUT2D eigenvalue weighted by Crippen LogP contribution is 2.12. The van der Waals surface area contributed by atoms with Gasteiger partial charge in [-0.15, -0.1) is 0 Å². The van der Waals surface area contributed by atoms with Crippen molar-refractivity contribution in [2.45, 2.75) is 26.8 Å². The van der Waals surface area contributed by atoms with E-state index < -0.39 is 0 Å². The lowest BCUT2D eigenvalue weighted by Crippen LogP contribution is -2.35. The molecule has 1 aromatic rings. The minimum Gasteiger partial charge on any atom is -0.394 e. The smallest absolute Gasteiger partial charge is 0.251 e. The minimum atomic E-state index is -0.211. The third kappa shape index (κ3) is 2.80. The fourth-order valence-electron chi connectivity index (χ4n) is 1.34. The number of aliphatic hydroxyl groups excluding tert-OH is 1. The third-order valence-electron chi connectivity index (χ3n) is 2.50. The van der Waals surface area contributed by atoms with Crippen molar-refractivity contribution in [3.63, 3.8) is 0 Å². The summed E-state index contributed by atoms with van der Waals surface area (Å²) in [4.78, 5) is 11.8. The van der Waals surface area contributed by atoms with Crippen LogP contribution < -0.4 is 5.32 Å². The largest absolute Gasteiger partial charge is 0.394 e. The van der Waals surface area contributed by atoms with E-state index in [9.17, 15) is 4.79 Å². The minimum absolute atomic E-state index is 0.0450. The van der Waals surface area contributed by atoms with Gasteiger partial charge in [0.05, 0.1) is 6.61 Å². The van der Waals surface area contributed by atoms with Crippen molar-refractivity contribution in [1.82, 2.24) is 5.32 Å². The molecule has 0 aliphatic rings. The molecular formula is C12H17NO2. The second-order valence-corrected chi connectivity index (χ2v) is 3.80. The molecule has 1 atom stereocenters. The van der Waals surface area contributed by atoms with E-state index in [2.05, 4.69) is 5.32 Å². The maximum absolute atomic E-state index is 11.8. The Hall–Kier alpha value is -1.35. The lowest BCUT2D eigenvalue weighted by Gasteiger charge is -2.13. The van der Waals surface area contributed by atoms with Crippen molar-refractivity contribution < 1.29 is 9.90 Å². The molecule has 3 nitrogen and oxygen atoms in total. The topological polar surface area (TPSA) is 49.3 Å². The summed E-state index contributed by atoms with van der Waals surface area (Å²) < 4.78 is 0. The number of hydrogen-bond acceptors (Lipinski definition) is 2. The van der Waals surface area contributed by atoms with Gasteiger partial charge in [-0.25, -0.2) is 0 Å². The van der Waals surface area contributed by atoms with Crippen LogP contribution in [0.25, 0.3) is 0 Å². The van der Waals surface area contributed by atoms with Crippen molar-refractivity contribution in [3.05, 3.63) is 34.9 Å². The third-order valence-corrected chi connectivity index (χ3v) is 2.50. The molecule has 0 fully saturated rings. The lowest BCUT2D eigenvalue weighted by molar-refractivity contribution is 0.0921. The van der Waals surface area contributed by atoms with Crippen LogP contribution in [0.5, 0.6) is 0 Å². The number of hydrogen-bond donors (Lipinski definition) is 2. The standard InChI is InChI=1S/C12H17NO2/c1-8-5-4-6-11(10(8)3)12(15)13-9(2)7-14/h4-6,9,14H,7H2,1-3H3,(H,13,15)/t9-/m1/s1. The van der Waals surface area contributed by atoms with E-state index in [1.165, 1.54) is 0 Å². The molecule has 0 heterocycles. The van der Waals surface area contributed by atoms with E-state index in [-0.39, 0.29) is 18.6 Å². The molecule has 0 saturated heterocycles. The van der Waals surface area contributed by atoms with Crippen molar-refractivity contribution in [2.75, 3.05) is 6.61 Å². The Morgan fingerprint density at radius 3 is 2.73 bits per heavy atom. The number of aryl methyl sites for hydroxylation is 1. The Morgan fingerprint density at radius 2 is 2.13 bits per heavy atom. The van der Waals surface area contributed by atoms with Crippen LogP contribution in [0.1, 0.15) is 28.4 Å². The van der Waals surface area contributed by atoms with Crippen molar-refractivity contribution in [3.8, 4) is 0 Å². The molecule has 2 N–H and O–H groups in total. The number of aliphatic hydroxyl groups is 1. The molecule has 0 aromatic heterocycles. The van der Waals surface area contributed by atoms with Crippen LogP contribution in [0.2, 0.25) is 0 Å². The summed E-state index contributed by atoms with van der Waals surface area (Å²) in [5.74, 6) is -0.127. The molecule has 15 heavy (non-hydrogen) atoms. The van der Waals surface area contributed by atoms with Gasteiger partial charge >= 0.3 is 0 Å². The number of amides is 1. The molecule has 0 aliphatic carbocycles. The Kier molecular flexibility index (Phi) is 3.86. The molecule has 3 heteroatoms. The summed E-state index contributed by atoms with van der Waals surface area (Å²) in [5, 5.41) is 11.6.